The summed E-state index contributed by atoms with van der Waals surface area (Å²) in [6.45, 7) is 0.426. The molecule has 1 N–H and O–H groups in total. The van der Waals surface area contributed by atoms with Crippen LogP contribution >= 0.6 is 39.1 Å². The third kappa shape index (κ3) is 5.01. The van der Waals surface area contributed by atoms with Crippen molar-refractivity contribution in [2.24, 2.45) is 0 Å². The molecule has 0 spiro atoms. The second-order valence-electron chi connectivity index (χ2n) is 5.62. The molecule has 1 heterocycles. The smallest absolute Gasteiger partial charge is 0.238 e. The van der Waals surface area contributed by atoms with E-state index in [1.807, 2.05) is 12.1 Å². The molecule has 0 aliphatic carbocycles. The summed E-state index contributed by atoms with van der Waals surface area (Å²) in [5.41, 5.74) is 1.60. The van der Waals surface area contributed by atoms with Gasteiger partial charge in [-0.2, -0.15) is 5.10 Å². The van der Waals surface area contributed by atoms with E-state index in [0.717, 1.165) is 5.56 Å². The van der Waals surface area contributed by atoms with Gasteiger partial charge < -0.3 is 0 Å². The highest BCUT2D eigenvalue weighted by molar-refractivity contribution is 9.10. The molecule has 0 atom stereocenters. The fourth-order valence-corrected chi connectivity index (χ4v) is 4.36. The maximum atomic E-state index is 12.4. The minimum Gasteiger partial charge on any atom is -0.265 e. The summed E-state index contributed by atoms with van der Waals surface area (Å²) in [6, 6.07) is 14.3. The van der Waals surface area contributed by atoms with E-state index in [1.54, 1.807) is 47.3 Å². The van der Waals surface area contributed by atoms with Gasteiger partial charge in [-0.05, 0) is 39.2 Å². The Morgan fingerprint density at radius 1 is 1.04 bits per heavy atom. The van der Waals surface area contributed by atoms with Crippen molar-refractivity contribution >= 4 is 55.0 Å². The Hall–Kier alpha value is -1.54. The first-order valence-electron chi connectivity index (χ1n) is 7.54. The van der Waals surface area contributed by atoms with E-state index < -0.39 is 10.0 Å². The average molecular weight is 475 g/mol. The number of hydrogen-bond donors (Lipinski definition) is 1. The maximum absolute atomic E-state index is 12.4. The Morgan fingerprint density at radius 3 is 2.46 bits per heavy atom. The van der Waals surface area contributed by atoms with Gasteiger partial charge in [0.1, 0.15) is 0 Å². The van der Waals surface area contributed by atoms with Gasteiger partial charge in [0.15, 0.2) is 5.82 Å². The van der Waals surface area contributed by atoms with Crippen molar-refractivity contribution in [3.63, 3.8) is 0 Å². The van der Waals surface area contributed by atoms with Crippen LogP contribution < -0.4 is 4.72 Å². The summed E-state index contributed by atoms with van der Waals surface area (Å²) in [4.78, 5) is 0. The van der Waals surface area contributed by atoms with Gasteiger partial charge in [0.25, 0.3) is 0 Å². The van der Waals surface area contributed by atoms with Gasteiger partial charge in [0.05, 0.1) is 26.8 Å². The van der Waals surface area contributed by atoms with Crippen LogP contribution in [-0.4, -0.2) is 18.2 Å². The summed E-state index contributed by atoms with van der Waals surface area (Å²) in [7, 11) is -3.58. The van der Waals surface area contributed by atoms with Crippen LogP contribution in [0.25, 0.3) is 0 Å². The zero-order valence-electron chi connectivity index (χ0n) is 13.4. The van der Waals surface area contributed by atoms with Crippen LogP contribution in [-0.2, 0) is 22.3 Å². The second kappa shape index (κ2) is 8.00. The molecule has 0 bridgehead atoms. The van der Waals surface area contributed by atoms with Crippen molar-refractivity contribution in [3.8, 4) is 0 Å². The summed E-state index contributed by atoms with van der Waals surface area (Å²) in [5, 5.41) is 5.22. The molecule has 0 saturated heterocycles. The van der Waals surface area contributed by atoms with Gasteiger partial charge in [-0.15, -0.1) is 0 Å². The summed E-state index contributed by atoms with van der Waals surface area (Å²) in [5.74, 6) is 0.112. The van der Waals surface area contributed by atoms with Crippen LogP contribution in [0.4, 0.5) is 5.82 Å². The van der Waals surface area contributed by atoms with Gasteiger partial charge in [0.2, 0.25) is 10.0 Å². The summed E-state index contributed by atoms with van der Waals surface area (Å²) in [6.07, 6.45) is 1.70. The van der Waals surface area contributed by atoms with Crippen molar-refractivity contribution in [1.29, 1.82) is 0 Å². The number of benzene rings is 2. The standard InChI is InChI=1S/C17H14BrCl2N3O2S/c18-14-10-23(9-13-6-7-15(19)16(20)8-13)21-17(14)22-26(24,25)11-12-4-2-1-3-5-12/h1-8,10H,9,11H2,(H,21,22). The predicted molar refractivity (Wildman–Crippen MR) is 108 cm³/mol. The Bertz CT molecular complexity index is 1020. The number of aromatic nitrogens is 2. The van der Waals surface area contributed by atoms with Crippen LogP contribution in [0.5, 0.6) is 0 Å². The number of hydrogen-bond acceptors (Lipinski definition) is 3. The zero-order chi connectivity index (χ0) is 18.7. The van der Waals surface area contributed by atoms with Crippen LogP contribution in [0, 0.1) is 0 Å². The molecule has 2 aromatic carbocycles. The highest BCUT2D eigenvalue weighted by Gasteiger charge is 2.16. The molecular weight excluding hydrogens is 461 g/mol. The third-order valence-corrected chi connectivity index (χ3v) is 6.03. The predicted octanol–water partition coefficient (Wildman–Crippen LogP) is 4.94. The summed E-state index contributed by atoms with van der Waals surface area (Å²) >= 11 is 15.3. The lowest BCUT2D eigenvalue weighted by Gasteiger charge is -2.06. The van der Waals surface area contributed by atoms with Crippen LogP contribution in [0.1, 0.15) is 11.1 Å². The first-order valence-corrected chi connectivity index (χ1v) is 10.7. The Balaban J connectivity index is 1.74. The molecule has 3 rings (SSSR count). The Morgan fingerprint density at radius 2 is 1.77 bits per heavy atom. The number of rotatable bonds is 6. The van der Waals surface area contributed by atoms with E-state index in [2.05, 4.69) is 25.8 Å². The monoisotopic (exact) mass is 473 g/mol. The number of nitrogens with zero attached hydrogens (tertiary/aromatic N) is 2. The number of halogens is 3. The van der Waals surface area contributed by atoms with E-state index in [1.165, 1.54) is 0 Å². The van der Waals surface area contributed by atoms with Crippen LogP contribution in [0.15, 0.2) is 59.2 Å². The van der Waals surface area contributed by atoms with Gasteiger partial charge in [-0.25, -0.2) is 8.42 Å². The first kappa shape index (κ1) is 19.2. The van der Waals surface area contributed by atoms with Crippen molar-refractivity contribution in [1.82, 2.24) is 9.78 Å². The van der Waals surface area contributed by atoms with Gasteiger partial charge in [-0.1, -0.05) is 59.6 Å². The molecule has 136 valence electrons. The lowest BCUT2D eigenvalue weighted by molar-refractivity contribution is 0.600. The van der Waals surface area contributed by atoms with E-state index in [-0.39, 0.29) is 11.6 Å². The molecule has 1 aromatic heterocycles. The third-order valence-electron chi connectivity index (χ3n) is 3.50. The summed E-state index contributed by atoms with van der Waals surface area (Å²) < 4.78 is 29.4. The van der Waals surface area contributed by atoms with Gasteiger partial charge >= 0.3 is 0 Å². The molecular formula is C17H14BrCl2N3O2S. The molecule has 0 aliphatic heterocycles. The first-order chi connectivity index (χ1) is 12.3. The van der Waals surface area contributed by atoms with Crippen molar-refractivity contribution in [2.75, 3.05) is 4.72 Å². The molecule has 0 aliphatic rings. The fourth-order valence-electron chi connectivity index (χ4n) is 2.35. The van der Waals surface area contributed by atoms with Crippen molar-refractivity contribution < 1.29 is 8.42 Å². The van der Waals surface area contributed by atoms with E-state index >= 15 is 0 Å². The van der Waals surface area contributed by atoms with Crippen LogP contribution in [0.3, 0.4) is 0 Å². The molecule has 0 fully saturated rings. The average Bonchev–Trinajstić information content (AvgIpc) is 2.90. The molecule has 26 heavy (non-hydrogen) atoms. The van der Waals surface area contributed by atoms with Crippen molar-refractivity contribution in [2.45, 2.75) is 12.3 Å². The second-order valence-corrected chi connectivity index (χ2v) is 9.01. The molecule has 3 aromatic rings. The van der Waals surface area contributed by atoms with E-state index in [0.29, 0.717) is 26.6 Å². The minimum absolute atomic E-state index is 0.125. The SMILES string of the molecule is O=S(=O)(Cc1ccccc1)Nc1nn(Cc2ccc(Cl)c(Cl)c2)cc1Br. The Kier molecular flexibility index (Phi) is 5.92. The Labute approximate surface area is 170 Å². The zero-order valence-corrected chi connectivity index (χ0v) is 17.3. The fraction of sp³-hybridized carbons (Fsp3) is 0.118. The van der Waals surface area contributed by atoms with Crippen molar-refractivity contribution in [3.05, 3.63) is 80.4 Å². The molecule has 0 saturated carbocycles. The maximum Gasteiger partial charge on any atom is 0.238 e. The van der Waals surface area contributed by atoms with Gasteiger partial charge in [0, 0.05) is 6.20 Å². The quantitative estimate of drug-likeness (QED) is 0.550. The topological polar surface area (TPSA) is 64.0 Å². The molecule has 9 heteroatoms. The number of nitrogens with one attached hydrogen (secondary N) is 1. The molecule has 0 amide bonds. The highest BCUT2D eigenvalue weighted by atomic mass is 79.9. The highest BCUT2D eigenvalue weighted by Crippen LogP contribution is 2.25. The molecule has 0 radical (unpaired) electrons. The van der Waals surface area contributed by atoms with E-state index in [4.69, 9.17) is 23.2 Å². The van der Waals surface area contributed by atoms with Gasteiger partial charge in [-0.3, -0.25) is 9.40 Å². The largest absolute Gasteiger partial charge is 0.265 e. The van der Waals surface area contributed by atoms with E-state index in [9.17, 15) is 8.42 Å². The normalized spacial score (nSPS) is 11.5. The number of anilines is 1. The molecule has 5 nitrogen and oxygen atoms in total. The number of sulfonamides is 1. The molecule has 0 unspecified atom stereocenters. The van der Waals surface area contributed by atoms with Crippen LogP contribution in [0.2, 0.25) is 10.0 Å². The lowest BCUT2D eigenvalue weighted by Crippen LogP contribution is -2.16. The minimum atomic E-state index is -3.58. The lowest BCUT2D eigenvalue weighted by atomic mass is 10.2.